The molecule has 0 radical (unpaired) electrons. The number of rotatable bonds is 5. The van der Waals surface area contributed by atoms with Gasteiger partial charge in [-0.1, -0.05) is 103 Å². The first kappa shape index (κ1) is 26.2. The molecule has 5 aromatic carbocycles. The average Bonchev–Trinajstić information content (AvgIpc) is 3.50. The lowest BCUT2D eigenvalue weighted by molar-refractivity contribution is 0.668. The second-order valence-corrected chi connectivity index (χ2v) is 10.7. The van der Waals surface area contributed by atoms with Gasteiger partial charge >= 0.3 is 0 Å². The number of fused-ring (bicyclic) bond motifs is 3. The molecule has 0 unspecified atom stereocenters. The van der Waals surface area contributed by atoms with Gasteiger partial charge in [0.05, 0.1) is 22.7 Å². The lowest BCUT2D eigenvalue weighted by Crippen LogP contribution is -2.00. The third kappa shape index (κ3) is 4.89. The van der Waals surface area contributed by atoms with E-state index in [-0.39, 0.29) is 0 Å². The number of pyridine rings is 1. The van der Waals surface area contributed by atoms with E-state index in [9.17, 15) is 5.26 Å². The molecule has 0 aliphatic carbocycles. The Morgan fingerprint density at radius 2 is 1.09 bits per heavy atom. The van der Waals surface area contributed by atoms with Crippen LogP contribution < -0.4 is 0 Å². The van der Waals surface area contributed by atoms with Crippen LogP contribution in [0.2, 0.25) is 0 Å². The monoisotopic (exact) mass is 577 g/mol. The lowest BCUT2D eigenvalue weighted by Gasteiger charge is -2.09. The van der Waals surface area contributed by atoms with E-state index < -0.39 is 0 Å². The van der Waals surface area contributed by atoms with Crippen LogP contribution in [-0.4, -0.2) is 19.9 Å². The third-order valence-electron chi connectivity index (χ3n) is 7.82. The van der Waals surface area contributed by atoms with Crippen molar-refractivity contribution in [3.63, 3.8) is 0 Å². The smallest absolute Gasteiger partial charge is 0.164 e. The Bertz CT molecular complexity index is 2370. The van der Waals surface area contributed by atoms with Crippen LogP contribution in [0.25, 0.3) is 78.5 Å². The van der Waals surface area contributed by atoms with Crippen LogP contribution in [0.5, 0.6) is 0 Å². The zero-order valence-corrected chi connectivity index (χ0v) is 23.9. The van der Waals surface area contributed by atoms with E-state index in [1.165, 1.54) is 0 Å². The zero-order chi connectivity index (χ0) is 30.2. The van der Waals surface area contributed by atoms with Crippen molar-refractivity contribution in [3.05, 3.63) is 145 Å². The van der Waals surface area contributed by atoms with Gasteiger partial charge < -0.3 is 4.42 Å². The lowest BCUT2D eigenvalue weighted by atomic mass is 10.0. The molecule has 45 heavy (non-hydrogen) atoms. The predicted octanol–water partition coefficient (Wildman–Crippen LogP) is 9.37. The van der Waals surface area contributed by atoms with Crippen LogP contribution in [0.3, 0.4) is 0 Å². The van der Waals surface area contributed by atoms with Crippen molar-refractivity contribution in [2.45, 2.75) is 0 Å². The molecule has 0 saturated heterocycles. The van der Waals surface area contributed by atoms with Crippen LogP contribution in [0.15, 0.2) is 144 Å². The van der Waals surface area contributed by atoms with Crippen molar-refractivity contribution >= 4 is 21.9 Å². The molecule has 0 amide bonds. The summed E-state index contributed by atoms with van der Waals surface area (Å²) < 4.78 is 6.35. The van der Waals surface area contributed by atoms with E-state index in [1.807, 2.05) is 109 Å². The normalized spacial score (nSPS) is 11.1. The van der Waals surface area contributed by atoms with Crippen molar-refractivity contribution in [2.75, 3.05) is 0 Å². The largest absolute Gasteiger partial charge is 0.456 e. The number of hydrogen-bond acceptors (Lipinski definition) is 6. The first-order valence-electron chi connectivity index (χ1n) is 14.5. The van der Waals surface area contributed by atoms with Crippen LogP contribution >= 0.6 is 0 Å². The molecule has 0 bridgehead atoms. The maximum Gasteiger partial charge on any atom is 0.164 e. The molecule has 3 aromatic heterocycles. The minimum Gasteiger partial charge on any atom is -0.456 e. The van der Waals surface area contributed by atoms with Gasteiger partial charge in [0, 0.05) is 33.8 Å². The molecule has 0 aliphatic heterocycles. The molecule has 0 N–H and O–H groups in total. The van der Waals surface area contributed by atoms with Crippen molar-refractivity contribution in [3.8, 4) is 62.6 Å². The molecule has 0 aliphatic rings. The molecule has 3 heterocycles. The zero-order valence-electron chi connectivity index (χ0n) is 23.9. The number of benzene rings is 5. The highest BCUT2D eigenvalue weighted by molar-refractivity contribution is 6.11. The van der Waals surface area contributed by atoms with E-state index >= 15 is 0 Å². The van der Waals surface area contributed by atoms with Gasteiger partial charge in [-0.25, -0.2) is 15.0 Å². The van der Waals surface area contributed by atoms with Gasteiger partial charge in [0.2, 0.25) is 0 Å². The summed E-state index contributed by atoms with van der Waals surface area (Å²) >= 11 is 0. The summed E-state index contributed by atoms with van der Waals surface area (Å²) in [5.74, 6) is 1.70. The van der Waals surface area contributed by atoms with Crippen molar-refractivity contribution < 1.29 is 4.42 Å². The first-order chi connectivity index (χ1) is 22.2. The SMILES string of the molecule is N#Cc1cccc(-c2ccc(-c3nc(-c4ccccc4)nc(-c4ccc5c(c4)oc4ccnc(-c6ccccc6)c45)n3)cc2)c1. The van der Waals surface area contributed by atoms with Gasteiger partial charge in [-0.15, -0.1) is 0 Å². The molecule has 6 nitrogen and oxygen atoms in total. The highest BCUT2D eigenvalue weighted by Crippen LogP contribution is 2.37. The second-order valence-electron chi connectivity index (χ2n) is 10.7. The van der Waals surface area contributed by atoms with Gasteiger partial charge in [-0.05, 0) is 41.5 Å². The minimum atomic E-state index is 0.549. The molecular weight excluding hydrogens is 554 g/mol. The molecule has 8 rings (SSSR count). The fraction of sp³-hybridized carbons (Fsp3) is 0. The van der Waals surface area contributed by atoms with Crippen molar-refractivity contribution in [1.29, 1.82) is 5.26 Å². The average molecular weight is 578 g/mol. The number of hydrogen-bond donors (Lipinski definition) is 0. The summed E-state index contributed by atoms with van der Waals surface area (Å²) in [6, 6.07) is 45.9. The summed E-state index contributed by atoms with van der Waals surface area (Å²) in [5.41, 5.74) is 8.62. The Labute approximate surface area is 259 Å². The maximum atomic E-state index is 9.32. The minimum absolute atomic E-state index is 0.549. The number of nitriles is 1. The molecular formula is C39H23N5O. The molecule has 210 valence electrons. The predicted molar refractivity (Wildman–Crippen MR) is 177 cm³/mol. The van der Waals surface area contributed by atoms with Gasteiger partial charge in [0.25, 0.3) is 0 Å². The number of nitrogens with zero attached hydrogens (tertiary/aromatic N) is 5. The fourth-order valence-corrected chi connectivity index (χ4v) is 5.61. The second kappa shape index (κ2) is 11.0. The van der Waals surface area contributed by atoms with E-state index in [2.05, 4.69) is 24.3 Å². The molecule has 0 saturated carbocycles. The van der Waals surface area contributed by atoms with E-state index in [4.69, 9.17) is 24.4 Å². The van der Waals surface area contributed by atoms with Crippen LogP contribution in [0.4, 0.5) is 0 Å². The van der Waals surface area contributed by atoms with Gasteiger partial charge in [0.15, 0.2) is 17.5 Å². The molecule has 6 heteroatoms. The Balaban J connectivity index is 1.24. The van der Waals surface area contributed by atoms with E-state index in [0.29, 0.717) is 23.0 Å². The van der Waals surface area contributed by atoms with Crippen LogP contribution in [0, 0.1) is 11.3 Å². The molecule has 8 aromatic rings. The third-order valence-corrected chi connectivity index (χ3v) is 7.82. The highest BCUT2D eigenvalue weighted by Gasteiger charge is 2.17. The fourth-order valence-electron chi connectivity index (χ4n) is 5.61. The Morgan fingerprint density at radius 3 is 1.80 bits per heavy atom. The summed E-state index contributed by atoms with van der Waals surface area (Å²) in [7, 11) is 0. The summed E-state index contributed by atoms with van der Waals surface area (Å²) in [4.78, 5) is 19.4. The Kier molecular flexibility index (Phi) is 6.40. The first-order valence-corrected chi connectivity index (χ1v) is 14.5. The maximum absolute atomic E-state index is 9.32. The molecule has 0 fully saturated rings. The van der Waals surface area contributed by atoms with Crippen LogP contribution in [0.1, 0.15) is 5.56 Å². The Hall–Kier alpha value is -6.45. The summed E-state index contributed by atoms with van der Waals surface area (Å²) in [6.45, 7) is 0. The highest BCUT2D eigenvalue weighted by atomic mass is 16.3. The summed E-state index contributed by atoms with van der Waals surface area (Å²) in [6.07, 6.45) is 1.78. The van der Waals surface area contributed by atoms with Crippen LogP contribution in [-0.2, 0) is 0 Å². The summed E-state index contributed by atoms with van der Waals surface area (Å²) in [5, 5.41) is 11.3. The topological polar surface area (TPSA) is 88.5 Å². The van der Waals surface area contributed by atoms with E-state index in [0.717, 1.165) is 61.0 Å². The number of furan rings is 1. The van der Waals surface area contributed by atoms with Gasteiger partial charge in [-0.2, -0.15) is 5.26 Å². The standard InChI is InChI=1S/C39H23N5O/c40-24-25-8-7-13-30(22-25)26-14-16-29(17-15-26)38-42-37(28-11-5-2-6-12-28)43-39(44-38)31-18-19-32-34(23-31)45-33-20-21-41-36(35(32)33)27-9-3-1-4-10-27/h1-23H. The van der Waals surface area contributed by atoms with Crippen molar-refractivity contribution in [1.82, 2.24) is 19.9 Å². The quantitative estimate of drug-likeness (QED) is 0.202. The van der Waals surface area contributed by atoms with E-state index in [1.54, 1.807) is 12.3 Å². The number of aromatic nitrogens is 4. The Morgan fingerprint density at radius 1 is 0.489 bits per heavy atom. The van der Waals surface area contributed by atoms with Crippen molar-refractivity contribution in [2.24, 2.45) is 0 Å². The van der Waals surface area contributed by atoms with Gasteiger partial charge in [0.1, 0.15) is 11.2 Å². The van der Waals surface area contributed by atoms with Gasteiger partial charge in [-0.3, -0.25) is 4.98 Å². The molecule has 0 spiro atoms. The molecule has 0 atom stereocenters.